The molecule has 1 aliphatic heterocycles. The van der Waals surface area contributed by atoms with Gasteiger partial charge in [0.15, 0.2) is 0 Å². The predicted octanol–water partition coefficient (Wildman–Crippen LogP) is 1.00. The highest BCUT2D eigenvalue weighted by molar-refractivity contribution is 6.03. The van der Waals surface area contributed by atoms with Crippen molar-refractivity contribution in [1.29, 1.82) is 0 Å². The molecule has 0 saturated carbocycles. The third-order valence-corrected chi connectivity index (χ3v) is 3.05. The van der Waals surface area contributed by atoms with E-state index >= 15 is 0 Å². The molecule has 1 fully saturated rings. The Morgan fingerprint density at radius 2 is 1.71 bits per heavy atom. The fraction of sp³-hybridized carbons (Fsp3) is 0.286. The van der Waals surface area contributed by atoms with E-state index in [1.807, 2.05) is 0 Å². The second kappa shape index (κ2) is 5.74. The van der Waals surface area contributed by atoms with E-state index in [-0.39, 0.29) is 18.4 Å². The molecule has 1 aromatic rings. The number of hydroxylamine groups is 2. The van der Waals surface area contributed by atoms with Crippen LogP contribution in [0.2, 0.25) is 0 Å². The molecule has 7 nitrogen and oxygen atoms in total. The zero-order valence-corrected chi connectivity index (χ0v) is 11.5. The van der Waals surface area contributed by atoms with Crippen molar-refractivity contribution in [3.8, 4) is 0 Å². The van der Waals surface area contributed by atoms with Crippen molar-refractivity contribution in [1.82, 2.24) is 5.06 Å². The summed E-state index contributed by atoms with van der Waals surface area (Å²) in [5.41, 5.74) is 0.977. The first-order valence-electron chi connectivity index (χ1n) is 6.21. The minimum atomic E-state index is -0.835. The van der Waals surface area contributed by atoms with Gasteiger partial charge in [-0.05, 0) is 30.7 Å². The third-order valence-electron chi connectivity index (χ3n) is 3.05. The first kappa shape index (κ1) is 14.7. The maximum absolute atomic E-state index is 11.9. The number of esters is 1. The monoisotopic (exact) mass is 291 g/mol. The van der Waals surface area contributed by atoms with Gasteiger partial charge in [-0.1, -0.05) is 0 Å². The fourth-order valence-corrected chi connectivity index (χ4v) is 1.92. The molecule has 1 aromatic carbocycles. The molecule has 0 radical (unpaired) electrons. The summed E-state index contributed by atoms with van der Waals surface area (Å²) < 4.78 is 4.60. The Hall–Kier alpha value is -2.70. The van der Waals surface area contributed by atoms with Gasteiger partial charge in [-0.25, -0.2) is 9.59 Å². The topological polar surface area (TPSA) is 90.0 Å². The molecule has 0 N–H and O–H groups in total. The number of hydrogen-bond acceptors (Lipinski definition) is 6. The third kappa shape index (κ3) is 2.91. The minimum absolute atomic E-state index is 0.0341. The number of hydrogen-bond donors (Lipinski definition) is 0. The summed E-state index contributed by atoms with van der Waals surface area (Å²) in [5.74, 6) is -2.44. The van der Waals surface area contributed by atoms with E-state index in [9.17, 15) is 19.2 Å². The van der Waals surface area contributed by atoms with Gasteiger partial charge in [0.1, 0.15) is 0 Å². The van der Waals surface area contributed by atoms with Crippen LogP contribution < -0.4 is 0 Å². The highest BCUT2D eigenvalue weighted by Crippen LogP contribution is 2.17. The molecule has 2 amide bonds. The van der Waals surface area contributed by atoms with E-state index in [4.69, 9.17) is 4.84 Å². The molecule has 110 valence electrons. The summed E-state index contributed by atoms with van der Waals surface area (Å²) >= 11 is 0. The fourth-order valence-electron chi connectivity index (χ4n) is 1.92. The quantitative estimate of drug-likeness (QED) is 0.609. The van der Waals surface area contributed by atoms with Gasteiger partial charge in [-0.15, -0.1) is 5.06 Å². The Morgan fingerprint density at radius 3 is 2.24 bits per heavy atom. The van der Waals surface area contributed by atoms with Gasteiger partial charge >= 0.3 is 11.9 Å². The molecule has 21 heavy (non-hydrogen) atoms. The number of ether oxygens (including phenoxy) is 1. The molecule has 0 unspecified atom stereocenters. The molecule has 0 aromatic heterocycles. The Morgan fingerprint density at radius 1 is 1.10 bits per heavy atom. The lowest BCUT2D eigenvalue weighted by Crippen LogP contribution is -2.32. The standard InChI is InChI=1S/C14H13NO6/c1-8-7-9(3-4-10(8)14(19)20-2)13(18)21-15-11(16)5-6-12(15)17/h3-4,7H,5-6H2,1-2H3. The van der Waals surface area contributed by atoms with E-state index in [0.717, 1.165) is 0 Å². The van der Waals surface area contributed by atoms with Gasteiger partial charge < -0.3 is 9.57 Å². The number of carbonyl (C=O) groups excluding carboxylic acids is 4. The average Bonchev–Trinajstić information content (AvgIpc) is 2.78. The smallest absolute Gasteiger partial charge is 0.363 e. The Bertz CT molecular complexity index is 620. The maximum Gasteiger partial charge on any atom is 0.363 e. The summed E-state index contributed by atoms with van der Waals surface area (Å²) in [7, 11) is 1.26. The average molecular weight is 291 g/mol. The van der Waals surface area contributed by atoms with Crippen molar-refractivity contribution in [2.24, 2.45) is 0 Å². The van der Waals surface area contributed by atoms with Crippen LogP contribution in [-0.2, 0) is 19.2 Å². The van der Waals surface area contributed by atoms with Crippen LogP contribution in [0.4, 0.5) is 0 Å². The van der Waals surface area contributed by atoms with Crippen molar-refractivity contribution >= 4 is 23.8 Å². The van der Waals surface area contributed by atoms with E-state index in [2.05, 4.69) is 4.74 Å². The van der Waals surface area contributed by atoms with Gasteiger partial charge in [0, 0.05) is 12.8 Å². The van der Waals surface area contributed by atoms with Gasteiger partial charge in [0.25, 0.3) is 11.8 Å². The minimum Gasteiger partial charge on any atom is -0.465 e. The number of amides is 2. The highest BCUT2D eigenvalue weighted by atomic mass is 16.7. The van der Waals surface area contributed by atoms with E-state index in [0.29, 0.717) is 16.2 Å². The van der Waals surface area contributed by atoms with Crippen molar-refractivity contribution in [3.05, 3.63) is 34.9 Å². The van der Waals surface area contributed by atoms with Crippen LogP contribution in [0.5, 0.6) is 0 Å². The van der Waals surface area contributed by atoms with Crippen LogP contribution in [0.15, 0.2) is 18.2 Å². The van der Waals surface area contributed by atoms with Crippen LogP contribution in [0.25, 0.3) is 0 Å². The number of aryl methyl sites for hydroxylation is 1. The first-order valence-corrected chi connectivity index (χ1v) is 6.21. The van der Waals surface area contributed by atoms with Crippen molar-refractivity contribution in [2.45, 2.75) is 19.8 Å². The molecule has 0 aliphatic carbocycles. The van der Waals surface area contributed by atoms with Gasteiger partial charge in [-0.2, -0.15) is 0 Å². The number of nitrogens with zero attached hydrogens (tertiary/aromatic N) is 1. The SMILES string of the molecule is COC(=O)c1ccc(C(=O)ON2C(=O)CCC2=O)cc1C. The van der Waals surface area contributed by atoms with E-state index in [1.165, 1.54) is 25.3 Å². The Kier molecular flexibility index (Phi) is 4.02. The normalized spacial score (nSPS) is 14.3. The summed E-state index contributed by atoms with van der Waals surface area (Å²) in [6.45, 7) is 1.63. The molecule has 2 rings (SSSR count). The molecule has 1 heterocycles. The van der Waals surface area contributed by atoms with Gasteiger partial charge in [-0.3, -0.25) is 9.59 Å². The zero-order chi connectivity index (χ0) is 15.6. The number of imide groups is 1. The Labute approximate surface area is 120 Å². The lowest BCUT2D eigenvalue weighted by atomic mass is 10.1. The number of benzene rings is 1. The second-order valence-electron chi connectivity index (χ2n) is 4.48. The van der Waals surface area contributed by atoms with Crippen LogP contribution in [0.1, 0.15) is 39.1 Å². The molecular formula is C14H13NO6. The van der Waals surface area contributed by atoms with E-state index in [1.54, 1.807) is 6.92 Å². The number of carbonyl (C=O) groups is 4. The Balaban J connectivity index is 2.17. The second-order valence-corrected chi connectivity index (χ2v) is 4.48. The van der Waals surface area contributed by atoms with E-state index < -0.39 is 23.8 Å². The molecule has 1 saturated heterocycles. The van der Waals surface area contributed by atoms with Crippen LogP contribution in [-0.4, -0.2) is 35.9 Å². The van der Waals surface area contributed by atoms with Gasteiger partial charge in [0.05, 0.1) is 18.2 Å². The molecule has 0 atom stereocenters. The molecule has 1 aliphatic rings. The van der Waals surface area contributed by atoms with Gasteiger partial charge in [0.2, 0.25) is 0 Å². The number of rotatable bonds is 3. The molecule has 7 heteroatoms. The van der Waals surface area contributed by atoms with Crippen molar-refractivity contribution < 1.29 is 28.8 Å². The molecule has 0 bridgehead atoms. The van der Waals surface area contributed by atoms with Crippen molar-refractivity contribution in [3.63, 3.8) is 0 Å². The largest absolute Gasteiger partial charge is 0.465 e. The highest BCUT2D eigenvalue weighted by Gasteiger charge is 2.33. The van der Waals surface area contributed by atoms with Crippen LogP contribution >= 0.6 is 0 Å². The summed E-state index contributed by atoms with van der Waals surface area (Å²) in [4.78, 5) is 50.9. The first-order chi connectivity index (χ1) is 9.93. The summed E-state index contributed by atoms with van der Waals surface area (Å²) in [5, 5.41) is 0.478. The molecular weight excluding hydrogens is 278 g/mol. The number of methoxy groups -OCH3 is 1. The lowest BCUT2D eigenvalue weighted by Gasteiger charge is -2.13. The molecule has 0 spiro atoms. The lowest BCUT2D eigenvalue weighted by molar-refractivity contribution is -0.172. The van der Waals surface area contributed by atoms with Crippen molar-refractivity contribution in [2.75, 3.05) is 7.11 Å². The zero-order valence-electron chi connectivity index (χ0n) is 11.5. The predicted molar refractivity (Wildman–Crippen MR) is 69.0 cm³/mol. The summed E-state index contributed by atoms with van der Waals surface area (Å²) in [6.07, 6.45) is 0.0683. The maximum atomic E-state index is 11.9. The summed E-state index contributed by atoms with van der Waals surface area (Å²) in [6, 6.07) is 4.22. The van der Waals surface area contributed by atoms with Crippen LogP contribution in [0, 0.1) is 6.92 Å². The van der Waals surface area contributed by atoms with Crippen LogP contribution in [0.3, 0.4) is 0 Å².